The van der Waals surface area contributed by atoms with E-state index in [-0.39, 0.29) is 17.0 Å². The van der Waals surface area contributed by atoms with Crippen molar-refractivity contribution < 1.29 is 8.42 Å². The molecule has 0 aliphatic rings. The standard InChI is InChI=1S/C10H12BrN3O2S/c11-9-3-2-8(7-13)10(6-9)14-17(15,16)5-1-4-12/h2-3,6,14H,1,4-5,12H2. The van der Waals surface area contributed by atoms with Crippen LogP contribution in [-0.4, -0.2) is 20.7 Å². The summed E-state index contributed by atoms with van der Waals surface area (Å²) >= 11 is 3.22. The molecule has 0 heterocycles. The third kappa shape index (κ3) is 4.34. The van der Waals surface area contributed by atoms with Crippen molar-refractivity contribution in [3.63, 3.8) is 0 Å². The molecule has 5 nitrogen and oxygen atoms in total. The molecular weight excluding hydrogens is 306 g/mol. The number of sulfonamides is 1. The number of hydrogen-bond acceptors (Lipinski definition) is 4. The Morgan fingerprint density at radius 2 is 2.18 bits per heavy atom. The fourth-order valence-electron chi connectivity index (χ4n) is 1.19. The first-order chi connectivity index (χ1) is 7.98. The molecule has 0 saturated carbocycles. The van der Waals surface area contributed by atoms with Crippen LogP contribution < -0.4 is 10.5 Å². The summed E-state index contributed by atoms with van der Waals surface area (Å²) in [5.41, 5.74) is 5.82. The molecule has 0 aliphatic carbocycles. The number of rotatable bonds is 5. The van der Waals surface area contributed by atoms with Gasteiger partial charge in [0.1, 0.15) is 6.07 Å². The van der Waals surface area contributed by atoms with E-state index in [1.165, 1.54) is 0 Å². The Morgan fingerprint density at radius 3 is 2.76 bits per heavy atom. The smallest absolute Gasteiger partial charge is 0.232 e. The van der Waals surface area contributed by atoms with Gasteiger partial charge in [-0.2, -0.15) is 5.26 Å². The van der Waals surface area contributed by atoms with Crippen molar-refractivity contribution in [1.29, 1.82) is 5.26 Å². The number of anilines is 1. The van der Waals surface area contributed by atoms with Gasteiger partial charge in [0.25, 0.3) is 0 Å². The molecule has 0 aromatic heterocycles. The van der Waals surface area contributed by atoms with E-state index in [1.54, 1.807) is 18.2 Å². The molecular formula is C10H12BrN3O2S. The van der Waals surface area contributed by atoms with Crippen LogP contribution in [0.15, 0.2) is 22.7 Å². The fourth-order valence-corrected chi connectivity index (χ4v) is 2.70. The largest absolute Gasteiger partial charge is 0.330 e. The average Bonchev–Trinajstić information content (AvgIpc) is 2.26. The Balaban J connectivity index is 2.95. The maximum atomic E-state index is 11.6. The van der Waals surface area contributed by atoms with E-state index >= 15 is 0 Å². The van der Waals surface area contributed by atoms with E-state index in [0.717, 1.165) is 0 Å². The highest BCUT2D eigenvalue weighted by molar-refractivity contribution is 9.10. The summed E-state index contributed by atoms with van der Waals surface area (Å²) in [7, 11) is -3.45. The Labute approximate surface area is 109 Å². The third-order valence-corrected chi connectivity index (χ3v) is 3.84. The molecule has 92 valence electrons. The Hall–Kier alpha value is -1.10. The van der Waals surface area contributed by atoms with Gasteiger partial charge >= 0.3 is 0 Å². The lowest BCUT2D eigenvalue weighted by molar-refractivity contribution is 0.598. The van der Waals surface area contributed by atoms with E-state index < -0.39 is 10.0 Å². The van der Waals surface area contributed by atoms with Gasteiger partial charge in [0.2, 0.25) is 10.0 Å². The first kappa shape index (κ1) is 14.0. The first-order valence-corrected chi connectivity index (χ1v) is 7.33. The van der Waals surface area contributed by atoms with Crippen LogP contribution >= 0.6 is 15.9 Å². The van der Waals surface area contributed by atoms with Gasteiger partial charge < -0.3 is 5.73 Å². The van der Waals surface area contributed by atoms with E-state index in [0.29, 0.717) is 17.4 Å². The van der Waals surface area contributed by atoms with E-state index in [4.69, 9.17) is 11.0 Å². The summed E-state index contributed by atoms with van der Waals surface area (Å²) in [6, 6.07) is 6.71. The molecule has 3 N–H and O–H groups in total. The summed E-state index contributed by atoms with van der Waals surface area (Å²) in [5, 5.41) is 8.86. The minimum Gasteiger partial charge on any atom is -0.330 e. The topological polar surface area (TPSA) is 96.0 Å². The number of nitriles is 1. The summed E-state index contributed by atoms with van der Waals surface area (Å²) in [5.74, 6) is -0.0547. The molecule has 7 heteroatoms. The number of halogens is 1. The van der Waals surface area contributed by atoms with Crippen LogP contribution in [0.2, 0.25) is 0 Å². The third-order valence-electron chi connectivity index (χ3n) is 1.98. The van der Waals surface area contributed by atoms with E-state index in [9.17, 15) is 8.42 Å². The first-order valence-electron chi connectivity index (χ1n) is 4.89. The number of nitrogens with one attached hydrogen (secondary N) is 1. The lowest BCUT2D eigenvalue weighted by Crippen LogP contribution is -2.19. The Bertz CT molecular complexity index is 537. The van der Waals surface area contributed by atoms with Crippen LogP contribution in [-0.2, 0) is 10.0 Å². The molecule has 0 amide bonds. The second-order valence-electron chi connectivity index (χ2n) is 3.36. The number of nitrogens with two attached hydrogens (primary N) is 1. The Kier molecular flexibility index (Phi) is 4.93. The lowest BCUT2D eigenvalue weighted by Gasteiger charge is -2.09. The van der Waals surface area contributed by atoms with E-state index in [2.05, 4.69) is 20.7 Å². The van der Waals surface area contributed by atoms with Crippen LogP contribution in [0.4, 0.5) is 5.69 Å². The molecule has 1 rings (SSSR count). The van der Waals surface area contributed by atoms with Gasteiger partial charge in [-0.3, -0.25) is 4.72 Å². The van der Waals surface area contributed by atoms with Crippen LogP contribution in [0.1, 0.15) is 12.0 Å². The monoisotopic (exact) mass is 317 g/mol. The molecule has 0 bridgehead atoms. The SMILES string of the molecule is N#Cc1ccc(Br)cc1NS(=O)(=O)CCCN. The number of nitrogens with zero attached hydrogens (tertiary/aromatic N) is 1. The molecule has 0 fully saturated rings. The van der Waals surface area contributed by atoms with Crippen molar-refractivity contribution in [2.45, 2.75) is 6.42 Å². The summed E-state index contributed by atoms with van der Waals surface area (Å²) in [6.07, 6.45) is 0.380. The summed E-state index contributed by atoms with van der Waals surface area (Å²) in [4.78, 5) is 0. The van der Waals surface area contributed by atoms with Crippen LogP contribution in [0, 0.1) is 11.3 Å². The van der Waals surface area contributed by atoms with Crippen molar-refractivity contribution in [1.82, 2.24) is 0 Å². The van der Waals surface area contributed by atoms with Crippen LogP contribution in [0.25, 0.3) is 0 Å². The van der Waals surface area contributed by atoms with Crippen molar-refractivity contribution in [3.8, 4) is 6.07 Å². The molecule has 0 saturated heterocycles. The van der Waals surface area contributed by atoms with Gasteiger partial charge in [-0.05, 0) is 31.2 Å². The number of hydrogen-bond donors (Lipinski definition) is 2. The molecule has 1 aromatic carbocycles. The molecule has 1 aromatic rings. The van der Waals surface area contributed by atoms with Crippen molar-refractivity contribution in [2.75, 3.05) is 17.0 Å². The highest BCUT2D eigenvalue weighted by Gasteiger charge is 2.12. The molecule has 0 spiro atoms. The van der Waals surface area contributed by atoms with Crippen molar-refractivity contribution >= 4 is 31.6 Å². The highest BCUT2D eigenvalue weighted by Crippen LogP contribution is 2.21. The second kappa shape index (κ2) is 6.00. The predicted molar refractivity (Wildman–Crippen MR) is 69.9 cm³/mol. The minimum atomic E-state index is -3.45. The predicted octanol–water partition coefficient (Wildman–Crippen LogP) is 1.41. The van der Waals surface area contributed by atoms with Gasteiger partial charge in [-0.1, -0.05) is 15.9 Å². The zero-order valence-corrected chi connectivity index (χ0v) is 11.4. The maximum absolute atomic E-state index is 11.6. The molecule has 0 unspecified atom stereocenters. The molecule has 0 atom stereocenters. The van der Waals surface area contributed by atoms with Gasteiger partial charge in [-0.25, -0.2) is 8.42 Å². The number of benzene rings is 1. The quantitative estimate of drug-likeness (QED) is 0.858. The van der Waals surface area contributed by atoms with Gasteiger partial charge in [0.15, 0.2) is 0 Å². The van der Waals surface area contributed by atoms with E-state index in [1.807, 2.05) is 6.07 Å². The molecule has 17 heavy (non-hydrogen) atoms. The Morgan fingerprint density at radius 1 is 1.47 bits per heavy atom. The normalized spacial score (nSPS) is 10.9. The van der Waals surface area contributed by atoms with Gasteiger partial charge in [0.05, 0.1) is 17.0 Å². The zero-order chi connectivity index (χ0) is 12.9. The zero-order valence-electron chi connectivity index (χ0n) is 8.98. The van der Waals surface area contributed by atoms with Gasteiger partial charge in [0, 0.05) is 4.47 Å². The van der Waals surface area contributed by atoms with Crippen LogP contribution in [0.5, 0.6) is 0 Å². The average molecular weight is 318 g/mol. The highest BCUT2D eigenvalue weighted by atomic mass is 79.9. The summed E-state index contributed by atoms with van der Waals surface area (Å²) < 4.78 is 26.4. The van der Waals surface area contributed by atoms with Crippen LogP contribution in [0.3, 0.4) is 0 Å². The lowest BCUT2D eigenvalue weighted by atomic mass is 10.2. The van der Waals surface area contributed by atoms with Gasteiger partial charge in [-0.15, -0.1) is 0 Å². The molecule has 0 radical (unpaired) electrons. The van der Waals surface area contributed by atoms with Crippen molar-refractivity contribution in [3.05, 3.63) is 28.2 Å². The van der Waals surface area contributed by atoms with Crippen molar-refractivity contribution in [2.24, 2.45) is 5.73 Å². The fraction of sp³-hybridized carbons (Fsp3) is 0.300. The molecule has 0 aliphatic heterocycles. The minimum absolute atomic E-state index is 0.0547. The maximum Gasteiger partial charge on any atom is 0.232 e. The second-order valence-corrected chi connectivity index (χ2v) is 6.12. The summed E-state index contributed by atoms with van der Waals surface area (Å²) in [6.45, 7) is 0.310.